The minimum absolute atomic E-state index is 0.126. The van der Waals surface area contributed by atoms with Crippen LogP contribution in [-0.2, 0) is 4.84 Å². The van der Waals surface area contributed by atoms with Crippen molar-refractivity contribution in [2.24, 2.45) is 17.0 Å². The molecule has 0 heterocycles. The Hall–Kier alpha value is -1.26. The summed E-state index contributed by atoms with van der Waals surface area (Å²) in [4.78, 5) is 15.7. The summed E-state index contributed by atoms with van der Waals surface area (Å²) in [6, 6.07) is 7.42. The van der Waals surface area contributed by atoms with Crippen LogP contribution in [0.5, 0.6) is 0 Å². The lowest BCUT2D eigenvalue weighted by Gasteiger charge is -2.31. The minimum Gasteiger partial charge on any atom is -0.296 e. The molecule has 0 aliphatic heterocycles. The number of nitrogens with zero attached hydrogens (tertiary/aromatic N) is 1. The molecule has 4 nitrogen and oxygen atoms in total. The van der Waals surface area contributed by atoms with E-state index < -0.39 is 0 Å². The zero-order valence-electron chi connectivity index (χ0n) is 8.59. The van der Waals surface area contributed by atoms with Crippen LogP contribution < -0.4 is 5.90 Å². The molecule has 0 bridgehead atoms. The largest absolute Gasteiger partial charge is 0.296 e. The number of hydrogen-bond donors (Lipinski definition) is 1. The highest BCUT2D eigenvalue weighted by Gasteiger charge is 2.33. The standard InChI is InChI=1S/C11H14N2O2/c1-7-6-10(13-14)8-4-2-3-5-9(8)11(7)15-12/h2-5,7,10-11H,6,12H2,1H3/t7?,10?,11-/m0/s1. The van der Waals surface area contributed by atoms with Gasteiger partial charge in [0.2, 0.25) is 0 Å². The Morgan fingerprint density at radius 2 is 2.07 bits per heavy atom. The molecule has 15 heavy (non-hydrogen) atoms. The third-order valence-corrected chi connectivity index (χ3v) is 3.05. The van der Waals surface area contributed by atoms with Gasteiger partial charge in [-0.25, -0.2) is 5.90 Å². The van der Waals surface area contributed by atoms with Gasteiger partial charge in [-0.2, -0.15) is 4.91 Å². The molecule has 0 radical (unpaired) electrons. The summed E-state index contributed by atoms with van der Waals surface area (Å²) in [5, 5.41) is 3.16. The Balaban J connectivity index is 2.47. The van der Waals surface area contributed by atoms with Crippen molar-refractivity contribution in [3.05, 3.63) is 40.3 Å². The molecule has 4 heteroatoms. The van der Waals surface area contributed by atoms with Crippen LogP contribution in [0.1, 0.15) is 36.6 Å². The molecule has 1 aromatic rings. The summed E-state index contributed by atoms with van der Waals surface area (Å²) in [5.74, 6) is 5.50. The monoisotopic (exact) mass is 206 g/mol. The zero-order chi connectivity index (χ0) is 10.8. The van der Waals surface area contributed by atoms with E-state index >= 15 is 0 Å². The Bertz CT molecular complexity index is 367. The van der Waals surface area contributed by atoms with E-state index in [0.29, 0.717) is 6.42 Å². The number of fused-ring (bicyclic) bond motifs is 1. The van der Waals surface area contributed by atoms with Crippen LogP contribution in [0.2, 0.25) is 0 Å². The fourth-order valence-corrected chi connectivity index (χ4v) is 2.29. The van der Waals surface area contributed by atoms with Crippen LogP contribution in [0, 0.1) is 10.8 Å². The highest BCUT2D eigenvalue weighted by atomic mass is 16.6. The predicted octanol–water partition coefficient (Wildman–Crippen LogP) is 2.47. The van der Waals surface area contributed by atoms with Crippen molar-refractivity contribution in [3.63, 3.8) is 0 Å². The second-order valence-corrected chi connectivity index (χ2v) is 4.02. The van der Waals surface area contributed by atoms with E-state index in [1.165, 1.54) is 0 Å². The number of hydrogen-bond acceptors (Lipinski definition) is 4. The smallest absolute Gasteiger partial charge is 0.118 e. The van der Waals surface area contributed by atoms with Gasteiger partial charge in [0.05, 0.1) is 0 Å². The van der Waals surface area contributed by atoms with Crippen LogP contribution in [0.25, 0.3) is 0 Å². The summed E-state index contributed by atoms with van der Waals surface area (Å²) in [5.41, 5.74) is 1.93. The van der Waals surface area contributed by atoms with Crippen molar-refractivity contribution in [2.75, 3.05) is 0 Å². The maximum atomic E-state index is 10.7. The number of benzene rings is 1. The van der Waals surface area contributed by atoms with Crippen molar-refractivity contribution in [3.8, 4) is 0 Å². The molecular weight excluding hydrogens is 192 g/mol. The fourth-order valence-electron chi connectivity index (χ4n) is 2.29. The number of rotatable bonds is 2. The van der Waals surface area contributed by atoms with E-state index in [9.17, 15) is 4.91 Å². The summed E-state index contributed by atoms with van der Waals surface area (Å²) >= 11 is 0. The first kappa shape index (κ1) is 10.3. The second kappa shape index (κ2) is 4.08. The second-order valence-electron chi connectivity index (χ2n) is 4.02. The summed E-state index contributed by atoms with van der Waals surface area (Å²) in [6.45, 7) is 2.02. The molecule has 1 aromatic carbocycles. The van der Waals surface area contributed by atoms with Crippen molar-refractivity contribution in [1.82, 2.24) is 0 Å². The van der Waals surface area contributed by atoms with Gasteiger partial charge in [-0.15, -0.1) is 0 Å². The Morgan fingerprint density at radius 3 is 2.67 bits per heavy atom. The zero-order valence-corrected chi connectivity index (χ0v) is 8.59. The van der Waals surface area contributed by atoms with E-state index in [0.717, 1.165) is 11.1 Å². The molecule has 2 N–H and O–H groups in total. The minimum atomic E-state index is -0.261. The molecule has 0 aromatic heterocycles. The van der Waals surface area contributed by atoms with Crippen LogP contribution in [0.4, 0.5) is 0 Å². The van der Waals surface area contributed by atoms with E-state index in [1.807, 2.05) is 31.2 Å². The maximum Gasteiger partial charge on any atom is 0.118 e. The van der Waals surface area contributed by atoms with E-state index in [1.54, 1.807) is 0 Å². The average molecular weight is 206 g/mol. The quantitative estimate of drug-likeness (QED) is 0.597. The molecule has 2 unspecified atom stereocenters. The first-order chi connectivity index (χ1) is 7.27. The SMILES string of the molecule is CC1CC(N=O)c2ccccc2[C@H]1ON. The van der Waals surface area contributed by atoms with E-state index in [4.69, 9.17) is 10.7 Å². The Morgan fingerprint density at radius 1 is 1.40 bits per heavy atom. The molecule has 1 aliphatic rings. The lowest BCUT2D eigenvalue weighted by molar-refractivity contribution is 0.00319. The molecule has 2 rings (SSSR count). The first-order valence-corrected chi connectivity index (χ1v) is 5.04. The number of nitrogens with two attached hydrogens (primary N) is 1. The van der Waals surface area contributed by atoms with Gasteiger partial charge in [0.1, 0.15) is 12.1 Å². The normalized spacial score (nSPS) is 29.6. The number of nitroso groups, excluding NO2 is 1. The van der Waals surface area contributed by atoms with Gasteiger partial charge in [0.15, 0.2) is 0 Å². The van der Waals surface area contributed by atoms with E-state index in [2.05, 4.69) is 5.18 Å². The molecule has 80 valence electrons. The molecule has 0 spiro atoms. The maximum absolute atomic E-state index is 10.7. The highest BCUT2D eigenvalue weighted by molar-refractivity contribution is 5.34. The van der Waals surface area contributed by atoms with Crippen molar-refractivity contribution < 1.29 is 4.84 Å². The van der Waals surface area contributed by atoms with Crippen LogP contribution in [0.3, 0.4) is 0 Å². The van der Waals surface area contributed by atoms with Crippen molar-refractivity contribution in [2.45, 2.75) is 25.5 Å². The summed E-state index contributed by atoms with van der Waals surface area (Å²) in [6.07, 6.45) is 0.571. The fraction of sp³-hybridized carbons (Fsp3) is 0.455. The van der Waals surface area contributed by atoms with Crippen LogP contribution in [-0.4, -0.2) is 0 Å². The van der Waals surface area contributed by atoms with Gasteiger partial charge < -0.3 is 0 Å². The molecular formula is C11H14N2O2. The molecule has 0 fully saturated rings. The summed E-state index contributed by atoms with van der Waals surface area (Å²) < 4.78 is 0. The lowest BCUT2D eigenvalue weighted by atomic mass is 9.80. The third-order valence-electron chi connectivity index (χ3n) is 3.05. The molecule has 1 aliphatic carbocycles. The van der Waals surface area contributed by atoms with Gasteiger partial charge >= 0.3 is 0 Å². The topological polar surface area (TPSA) is 64.7 Å². The average Bonchev–Trinajstić information content (AvgIpc) is 2.28. The summed E-state index contributed by atoms with van der Waals surface area (Å²) in [7, 11) is 0. The Labute approximate surface area is 88.4 Å². The van der Waals surface area contributed by atoms with Gasteiger partial charge in [0, 0.05) is 0 Å². The first-order valence-electron chi connectivity index (χ1n) is 5.04. The Kier molecular flexibility index (Phi) is 2.79. The van der Waals surface area contributed by atoms with Crippen molar-refractivity contribution in [1.29, 1.82) is 0 Å². The van der Waals surface area contributed by atoms with Crippen LogP contribution in [0.15, 0.2) is 29.4 Å². The predicted molar refractivity (Wildman–Crippen MR) is 56.8 cm³/mol. The highest BCUT2D eigenvalue weighted by Crippen LogP contribution is 2.42. The van der Waals surface area contributed by atoms with Gasteiger partial charge in [-0.05, 0) is 23.5 Å². The molecule has 0 saturated carbocycles. The third kappa shape index (κ3) is 1.66. The molecule has 0 saturated heterocycles. The van der Waals surface area contributed by atoms with Gasteiger partial charge in [-0.3, -0.25) is 4.84 Å². The van der Waals surface area contributed by atoms with Gasteiger partial charge in [-0.1, -0.05) is 36.4 Å². The van der Waals surface area contributed by atoms with Crippen LogP contribution >= 0.6 is 0 Å². The lowest BCUT2D eigenvalue weighted by Crippen LogP contribution is -2.25. The van der Waals surface area contributed by atoms with Gasteiger partial charge in [0.25, 0.3) is 0 Å². The molecule has 3 atom stereocenters. The van der Waals surface area contributed by atoms with E-state index in [-0.39, 0.29) is 18.1 Å². The molecule has 0 amide bonds. The van der Waals surface area contributed by atoms with Crippen molar-refractivity contribution >= 4 is 0 Å².